The second-order valence-corrected chi connectivity index (χ2v) is 7.53. The molecule has 0 saturated heterocycles. The minimum Gasteiger partial charge on any atom is -0.481 e. The minimum absolute atomic E-state index is 0.330. The van der Waals surface area contributed by atoms with Crippen LogP contribution in [0.2, 0.25) is 0 Å². The number of allylic oxidation sites excluding steroid dienone is 1. The lowest BCUT2D eigenvalue weighted by Crippen LogP contribution is -1.93. The molecule has 0 aliphatic heterocycles. The molecule has 0 bridgehead atoms. The Labute approximate surface area is 161 Å². The fraction of sp³-hybridized carbons (Fsp3) is 0.864. The molecule has 26 heavy (non-hydrogen) atoms. The van der Waals surface area contributed by atoms with E-state index in [0.29, 0.717) is 12.2 Å². The number of hydrogen-bond acceptors (Lipinski definition) is 3. The van der Waals surface area contributed by atoms with Crippen LogP contribution in [0, 0.1) is 0 Å². The molecule has 0 amide bonds. The highest BCUT2D eigenvalue weighted by atomic mass is 17.1. The molecular formula is C22H42O4. The van der Waals surface area contributed by atoms with E-state index in [4.69, 9.17) is 10.4 Å². The third kappa shape index (κ3) is 21.0. The van der Waals surface area contributed by atoms with Gasteiger partial charge in [0, 0.05) is 12.8 Å². The Bertz CT molecular complexity index is 328. The number of hydrogen-bond donors (Lipinski definition) is 2. The summed E-state index contributed by atoms with van der Waals surface area (Å²) in [7, 11) is 0. The standard InChI is InChI=1S/C22H42O4/c1-21(26-25)19-17-15-13-11-9-7-5-3-2-4-6-8-10-12-14-16-18-20-22(23)24/h25H,1-20H2,(H,23,24). The van der Waals surface area contributed by atoms with Crippen molar-refractivity contribution in [2.45, 2.75) is 122 Å². The first kappa shape index (κ1) is 25.0. The molecule has 0 fully saturated rings. The molecule has 2 N–H and O–H groups in total. The van der Waals surface area contributed by atoms with Crippen LogP contribution in [0.25, 0.3) is 0 Å². The molecule has 4 heteroatoms. The second kappa shape index (κ2) is 20.3. The highest BCUT2D eigenvalue weighted by Crippen LogP contribution is 2.15. The molecule has 4 nitrogen and oxygen atoms in total. The van der Waals surface area contributed by atoms with Gasteiger partial charge in [0.05, 0.1) is 0 Å². The van der Waals surface area contributed by atoms with Crippen molar-refractivity contribution in [1.29, 1.82) is 0 Å². The molecule has 0 aliphatic carbocycles. The number of carboxylic acids is 1. The summed E-state index contributed by atoms with van der Waals surface area (Å²) in [5.74, 6) is -0.192. The third-order valence-electron chi connectivity index (χ3n) is 4.98. The zero-order valence-electron chi connectivity index (χ0n) is 16.9. The van der Waals surface area contributed by atoms with Crippen molar-refractivity contribution in [2.24, 2.45) is 0 Å². The van der Waals surface area contributed by atoms with E-state index in [-0.39, 0.29) is 0 Å². The van der Waals surface area contributed by atoms with E-state index in [9.17, 15) is 4.79 Å². The fourth-order valence-electron chi connectivity index (χ4n) is 3.30. The SMILES string of the molecule is C=C(CCCCCCCCCCCCCCCCCCCC(=O)O)OO. The molecular weight excluding hydrogens is 328 g/mol. The Balaban J connectivity index is 3.03. The number of carbonyl (C=O) groups is 1. The zero-order valence-corrected chi connectivity index (χ0v) is 16.9. The third-order valence-corrected chi connectivity index (χ3v) is 4.98. The highest BCUT2D eigenvalue weighted by molar-refractivity contribution is 5.66. The summed E-state index contributed by atoms with van der Waals surface area (Å²) in [4.78, 5) is 14.5. The molecule has 0 unspecified atom stereocenters. The Hall–Kier alpha value is -1.03. The van der Waals surface area contributed by atoms with Crippen molar-refractivity contribution in [3.8, 4) is 0 Å². The lowest BCUT2D eigenvalue weighted by molar-refractivity contribution is -0.205. The normalized spacial score (nSPS) is 10.8. The molecule has 0 aromatic rings. The lowest BCUT2D eigenvalue weighted by Gasteiger charge is -2.04. The highest BCUT2D eigenvalue weighted by Gasteiger charge is 1.98. The van der Waals surface area contributed by atoms with Crippen LogP contribution >= 0.6 is 0 Å². The Morgan fingerprint density at radius 2 is 0.846 bits per heavy atom. The van der Waals surface area contributed by atoms with Crippen LogP contribution in [0.4, 0.5) is 0 Å². The topological polar surface area (TPSA) is 66.8 Å². The van der Waals surface area contributed by atoms with E-state index in [1.807, 2.05) is 0 Å². The molecule has 0 aromatic carbocycles. The Morgan fingerprint density at radius 1 is 0.577 bits per heavy atom. The van der Waals surface area contributed by atoms with Crippen LogP contribution in [0.5, 0.6) is 0 Å². The predicted molar refractivity (Wildman–Crippen MR) is 108 cm³/mol. The summed E-state index contributed by atoms with van der Waals surface area (Å²) in [6.45, 7) is 3.60. The number of unbranched alkanes of at least 4 members (excludes halogenated alkanes) is 16. The maximum atomic E-state index is 10.4. The summed E-state index contributed by atoms with van der Waals surface area (Å²) < 4.78 is 0. The molecule has 0 spiro atoms. The molecule has 0 heterocycles. The van der Waals surface area contributed by atoms with Crippen molar-refractivity contribution in [3.05, 3.63) is 12.3 Å². The maximum Gasteiger partial charge on any atom is 0.303 e. The summed E-state index contributed by atoms with van der Waals surface area (Å²) in [6.07, 6.45) is 22.5. The molecule has 0 radical (unpaired) electrons. The van der Waals surface area contributed by atoms with Crippen LogP contribution in [-0.4, -0.2) is 16.3 Å². The summed E-state index contributed by atoms with van der Waals surface area (Å²) in [6, 6.07) is 0. The van der Waals surface area contributed by atoms with Gasteiger partial charge in [-0.1, -0.05) is 103 Å². The van der Waals surface area contributed by atoms with Gasteiger partial charge in [0.25, 0.3) is 0 Å². The van der Waals surface area contributed by atoms with Crippen molar-refractivity contribution in [3.63, 3.8) is 0 Å². The van der Waals surface area contributed by atoms with Crippen molar-refractivity contribution in [2.75, 3.05) is 0 Å². The van der Waals surface area contributed by atoms with Crippen molar-refractivity contribution >= 4 is 5.97 Å². The van der Waals surface area contributed by atoms with Gasteiger partial charge >= 0.3 is 5.97 Å². The minimum atomic E-state index is -0.665. The number of rotatable bonds is 21. The van der Waals surface area contributed by atoms with Gasteiger partial charge in [-0.3, -0.25) is 4.79 Å². The zero-order chi connectivity index (χ0) is 19.3. The number of aliphatic carboxylic acids is 1. The van der Waals surface area contributed by atoms with Gasteiger partial charge in [-0.05, 0) is 12.8 Å². The molecule has 0 aliphatic rings. The largest absolute Gasteiger partial charge is 0.481 e. The van der Waals surface area contributed by atoms with Gasteiger partial charge < -0.3 is 9.99 Å². The van der Waals surface area contributed by atoms with Gasteiger partial charge in [-0.2, -0.15) is 0 Å². The second-order valence-electron chi connectivity index (χ2n) is 7.53. The van der Waals surface area contributed by atoms with Gasteiger partial charge in [-0.25, -0.2) is 5.26 Å². The average Bonchev–Trinajstić information content (AvgIpc) is 2.63. The van der Waals surface area contributed by atoms with Gasteiger partial charge in [0.2, 0.25) is 0 Å². The molecule has 154 valence electrons. The van der Waals surface area contributed by atoms with Crippen LogP contribution in [0.3, 0.4) is 0 Å². The maximum absolute atomic E-state index is 10.4. The molecule has 0 atom stereocenters. The smallest absolute Gasteiger partial charge is 0.303 e. The Morgan fingerprint density at radius 3 is 1.12 bits per heavy atom. The van der Waals surface area contributed by atoms with Crippen LogP contribution in [0.15, 0.2) is 12.3 Å². The number of carboxylic acid groups (broad SMARTS) is 1. The average molecular weight is 371 g/mol. The van der Waals surface area contributed by atoms with E-state index >= 15 is 0 Å². The van der Waals surface area contributed by atoms with Crippen LogP contribution in [-0.2, 0) is 9.68 Å². The van der Waals surface area contributed by atoms with E-state index in [0.717, 1.165) is 25.7 Å². The van der Waals surface area contributed by atoms with Crippen molar-refractivity contribution in [1.82, 2.24) is 0 Å². The molecule has 0 rings (SSSR count). The van der Waals surface area contributed by atoms with Crippen LogP contribution < -0.4 is 0 Å². The van der Waals surface area contributed by atoms with Gasteiger partial charge in [0.1, 0.15) is 5.76 Å². The summed E-state index contributed by atoms with van der Waals surface area (Å²) in [5.41, 5.74) is 0. The Kier molecular flexibility index (Phi) is 19.5. The van der Waals surface area contributed by atoms with E-state index < -0.39 is 5.97 Å². The first-order valence-electron chi connectivity index (χ1n) is 10.9. The van der Waals surface area contributed by atoms with Gasteiger partial charge in [0.15, 0.2) is 0 Å². The van der Waals surface area contributed by atoms with Crippen molar-refractivity contribution < 1.29 is 20.0 Å². The summed E-state index contributed by atoms with van der Waals surface area (Å²) in [5, 5.41) is 16.9. The quantitative estimate of drug-likeness (QED) is 0.0950. The predicted octanol–water partition coefficient (Wildman–Crippen LogP) is 7.49. The first-order valence-corrected chi connectivity index (χ1v) is 10.9. The molecule has 0 saturated carbocycles. The monoisotopic (exact) mass is 370 g/mol. The first-order chi connectivity index (χ1) is 12.7. The fourth-order valence-corrected chi connectivity index (χ4v) is 3.30. The lowest BCUT2D eigenvalue weighted by atomic mass is 10.0. The van der Waals surface area contributed by atoms with Crippen LogP contribution in [0.1, 0.15) is 122 Å². The van der Waals surface area contributed by atoms with E-state index in [1.165, 1.54) is 89.9 Å². The summed E-state index contributed by atoms with van der Waals surface area (Å²) >= 11 is 0. The van der Waals surface area contributed by atoms with Gasteiger partial charge in [-0.15, -0.1) is 0 Å². The van der Waals surface area contributed by atoms with E-state index in [1.54, 1.807) is 0 Å². The van der Waals surface area contributed by atoms with E-state index in [2.05, 4.69) is 11.5 Å². The molecule has 0 aromatic heterocycles.